The molecule has 1 aliphatic rings. The zero-order chi connectivity index (χ0) is 32.7. The molecule has 2 amide bonds. The van der Waals surface area contributed by atoms with E-state index in [1.807, 2.05) is 61.5 Å². The SMILES string of the molecule is Cc1ccc(S(=O)(=O)N(CC(=O)N(Cc2cccc(Br)c2)[C@H](Cc2ccccc2)C(=O)NC2CCCC2)c2cccc(Br)c2)cc1. The van der Waals surface area contributed by atoms with Crippen molar-refractivity contribution in [1.29, 1.82) is 0 Å². The normalized spacial score (nSPS) is 14.1. The molecule has 10 heteroatoms. The lowest BCUT2D eigenvalue weighted by Crippen LogP contribution is -2.54. The van der Waals surface area contributed by atoms with Crippen molar-refractivity contribution in [2.75, 3.05) is 10.8 Å². The summed E-state index contributed by atoms with van der Waals surface area (Å²) in [6, 6.07) is 29.8. The van der Waals surface area contributed by atoms with E-state index >= 15 is 0 Å². The lowest BCUT2D eigenvalue weighted by molar-refractivity contribution is -0.140. The molecule has 0 unspecified atom stereocenters. The van der Waals surface area contributed by atoms with Crippen LogP contribution in [0.25, 0.3) is 0 Å². The summed E-state index contributed by atoms with van der Waals surface area (Å²) in [4.78, 5) is 30.3. The molecule has 1 atom stereocenters. The number of aryl methyl sites for hydroxylation is 1. The van der Waals surface area contributed by atoms with Crippen LogP contribution < -0.4 is 9.62 Å². The van der Waals surface area contributed by atoms with Gasteiger partial charge in [-0.05, 0) is 73.4 Å². The minimum absolute atomic E-state index is 0.0497. The summed E-state index contributed by atoms with van der Waals surface area (Å²) >= 11 is 6.98. The van der Waals surface area contributed by atoms with Gasteiger partial charge in [0.2, 0.25) is 11.8 Å². The molecule has 1 N–H and O–H groups in total. The van der Waals surface area contributed by atoms with E-state index in [-0.39, 0.29) is 29.8 Å². The number of anilines is 1. The van der Waals surface area contributed by atoms with Crippen LogP contribution in [-0.2, 0) is 32.6 Å². The molecule has 0 heterocycles. The maximum absolute atomic E-state index is 14.6. The number of hydrogen-bond donors (Lipinski definition) is 1. The summed E-state index contributed by atoms with van der Waals surface area (Å²) in [6.45, 7) is 1.50. The van der Waals surface area contributed by atoms with Crippen molar-refractivity contribution in [1.82, 2.24) is 10.2 Å². The molecule has 0 bridgehead atoms. The van der Waals surface area contributed by atoms with Gasteiger partial charge in [-0.3, -0.25) is 13.9 Å². The van der Waals surface area contributed by atoms with Crippen LogP contribution in [0.4, 0.5) is 5.69 Å². The molecule has 4 aromatic rings. The quantitative estimate of drug-likeness (QED) is 0.163. The molecule has 1 saturated carbocycles. The van der Waals surface area contributed by atoms with Crippen LogP contribution in [0.2, 0.25) is 0 Å². The summed E-state index contributed by atoms with van der Waals surface area (Å²) in [6.07, 6.45) is 4.17. The zero-order valence-corrected chi connectivity index (χ0v) is 29.6. The summed E-state index contributed by atoms with van der Waals surface area (Å²) in [5, 5.41) is 3.21. The smallest absolute Gasteiger partial charge is 0.264 e. The molecule has 1 aliphatic carbocycles. The average molecular weight is 768 g/mol. The first-order valence-corrected chi connectivity index (χ1v) is 18.4. The van der Waals surface area contributed by atoms with Gasteiger partial charge in [0.05, 0.1) is 10.6 Å². The van der Waals surface area contributed by atoms with Gasteiger partial charge in [-0.25, -0.2) is 8.42 Å². The predicted molar refractivity (Wildman–Crippen MR) is 189 cm³/mol. The number of hydrogen-bond acceptors (Lipinski definition) is 4. The van der Waals surface area contributed by atoms with E-state index < -0.39 is 28.5 Å². The van der Waals surface area contributed by atoms with Crippen LogP contribution in [0.1, 0.15) is 42.4 Å². The molecule has 0 spiro atoms. The van der Waals surface area contributed by atoms with Gasteiger partial charge in [-0.2, -0.15) is 0 Å². The van der Waals surface area contributed by atoms with Crippen molar-refractivity contribution in [3.63, 3.8) is 0 Å². The minimum atomic E-state index is -4.16. The molecule has 5 rings (SSSR count). The Balaban J connectivity index is 1.57. The van der Waals surface area contributed by atoms with Gasteiger partial charge < -0.3 is 10.2 Å². The molecule has 0 aliphatic heterocycles. The topological polar surface area (TPSA) is 86.8 Å². The third-order valence-corrected chi connectivity index (χ3v) is 11.0. The van der Waals surface area contributed by atoms with Crippen molar-refractivity contribution < 1.29 is 18.0 Å². The Bertz CT molecular complexity index is 1760. The van der Waals surface area contributed by atoms with Gasteiger partial charge in [0.1, 0.15) is 12.6 Å². The first kappa shape index (κ1) is 33.9. The van der Waals surface area contributed by atoms with Gasteiger partial charge in [0, 0.05) is 28.0 Å². The van der Waals surface area contributed by atoms with E-state index in [0.29, 0.717) is 10.2 Å². The molecule has 240 valence electrons. The zero-order valence-electron chi connectivity index (χ0n) is 25.6. The second kappa shape index (κ2) is 15.4. The first-order chi connectivity index (χ1) is 22.1. The molecular formula is C36H37Br2N3O4S. The van der Waals surface area contributed by atoms with E-state index in [1.165, 1.54) is 4.90 Å². The van der Waals surface area contributed by atoms with Crippen molar-refractivity contribution in [2.24, 2.45) is 0 Å². The third kappa shape index (κ3) is 8.66. The Morgan fingerprint density at radius 1 is 0.826 bits per heavy atom. The Morgan fingerprint density at radius 2 is 1.46 bits per heavy atom. The van der Waals surface area contributed by atoms with Gasteiger partial charge in [-0.1, -0.05) is 111 Å². The van der Waals surface area contributed by atoms with Crippen LogP contribution in [-0.4, -0.2) is 43.8 Å². The lowest BCUT2D eigenvalue weighted by atomic mass is 10.0. The maximum atomic E-state index is 14.6. The Labute approximate surface area is 288 Å². The Hall–Kier alpha value is -3.47. The molecular weight excluding hydrogens is 730 g/mol. The number of sulfonamides is 1. The number of nitrogens with one attached hydrogen (secondary N) is 1. The van der Waals surface area contributed by atoms with E-state index in [4.69, 9.17) is 0 Å². The highest BCUT2D eigenvalue weighted by Crippen LogP contribution is 2.28. The third-order valence-electron chi connectivity index (χ3n) is 8.20. The number of amides is 2. The highest BCUT2D eigenvalue weighted by molar-refractivity contribution is 9.10. The molecule has 0 radical (unpaired) electrons. The van der Waals surface area contributed by atoms with Crippen molar-refractivity contribution >= 4 is 59.4 Å². The molecule has 0 aromatic heterocycles. The summed E-state index contributed by atoms with van der Waals surface area (Å²) < 4.78 is 31.0. The molecule has 4 aromatic carbocycles. The van der Waals surface area contributed by atoms with Crippen molar-refractivity contribution in [3.8, 4) is 0 Å². The number of carbonyl (C=O) groups is 2. The number of nitrogens with zero attached hydrogens (tertiary/aromatic N) is 2. The number of carbonyl (C=O) groups excluding carboxylic acids is 2. The van der Waals surface area contributed by atoms with Gasteiger partial charge >= 0.3 is 0 Å². The second-order valence-corrected chi connectivity index (χ2v) is 15.3. The molecule has 1 fully saturated rings. The van der Waals surface area contributed by atoms with Gasteiger partial charge in [-0.15, -0.1) is 0 Å². The highest BCUT2D eigenvalue weighted by Gasteiger charge is 2.35. The van der Waals surface area contributed by atoms with E-state index in [2.05, 4.69) is 37.2 Å². The molecule has 46 heavy (non-hydrogen) atoms. The fourth-order valence-electron chi connectivity index (χ4n) is 5.75. The minimum Gasteiger partial charge on any atom is -0.352 e. The van der Waals surface area contributed by atoms with Crippen LogP contribution in [0.3, 0.4) is 0 Å². The van der Waals surface area contributed by atoms with Crippen molar-refractivity contribution in [2.45, 2.75) is 62.6 Å². The molecule has 7 nitrogen and oxygen atoms in total. The predicted octanol–water partition coefficient (Wildman–Crippen LogP) is 7.41. The Kier molecular flexibility index (Phi) is 11.4. The van der Waals surface area contributed by atoms with E-state index in [1.54, 1.807) is 48.5 Å². The summed E-state index contributed by atoms with van der Waals surface area (Å²) in [5.74, 6) is -0.729. The van der Waals surface area contributed by atoms with Crippen molar-refractivity contribution in [3.05, 3.63) is 129 Å². The summed E-state index contributed by atoms with van der Waals surface area (Å²) in [7, 11) is -4.16. The number of halogens is 2. The first-order valence-electron chi connectivity index (χ1n) is 15.3. The fraction of sp³-hybridized carbons (Fsp3) is 0.278. The highest BCUT2D eigenvalue weighted by atomic mass is 79.9. The van der Waals surface area contributed by atoms with E-state index in [9.17, 15) is 18.0 Å². The number of benzene rings is 4. The van der Waals surface area contributed by atoms with Gasteiger partial charge in [0.25, 0.3) is 10.0 Å². The molecule has 0 saturated heterocycles. The lowest BCUT2D eigenvalue weighted by Gasteiger charge is -2.34. The Morgan fingerprint density at radius 3 is 2.11 bits per heavy atom. The largest absolute Gasteiger partial charge is 0.352 e. The second-order valence-electron chi connectivity index (χ2n) is 11.7. The summed E-state index contributed by atoms with van der Waals surface area (Å²) in [5.41, 5.74) is 2.96. The maximum Gasteiger partial charge on any atom is 0.264 e. The van der Waals surface area contributed by atoms with Crippen LogP contribution in [0.5, 0.6) is 0 Å². The number of rotatable bonds is 12. The monoisotopic (exact) mass is 765 g/mol. The fourth-order valence-corrected chi connectivity index (χ4v) is 7.99. The van der Waals surface area contributed by atoms with Crippen LogP contribution in [0.15, 0.2) is 117 Å². The van der Waals surface area contributed by atoms with Crippen LogP contribution in [0, 0.1) is 6.92 Å². The average Bonchev–Trinajstić information content (AvgIpc) is 3.55. The van der Waals surface area contributed by atoms with Crippen LogP contribution >= 0.6 is 31.9 Å². The standard InChI is InChI=1S/C36H37Br2N3O4S/c1-26-17-19-33(20-18-26)46(44,45)41(32-16-8-13-30(38)23-32)25-35(42)40(24-28-11-7-12-29(37)21-28)34(22-27-9-3-2-4-10-27)36(43)39-31-14-5-6-15-31/h2-4,7-13,16-21,23,31,34H,5-6,14-15,22,24-25H2,1H3,(H,39,43)/t34-/m1/s1. The van der Waals surface area contributed by atoms with E-state index in [0.717, 1.165) is 51.2 Å². The van der Waals surface area contributed by atoms with Gasteiger partial charge in [0.15, 0.2) is 0 Å².